The number of imidazole rings is 1. The first-order valence-corrected chi connectivity index (χ1v) is 4.99. The fourth-order valence-electron chi connectivity index (χ4n) is 1.36. The third kappa shape index (κ3) is 1.48. The Labute approximate surface area is 88.9 Å². The van der Waals surface area contributed by atoms with E-state index in [1.165, 1.54) is 0 Å². The minimum absolute atomic E-state index is 0.269. The number of fused-ring (bicyclic) bond motifs is 1. The molecule has 0 saturated carbocycles. The van der Waals surface area contributed by atoms with E-state index in [4.69, 9.17) is 5.73 Å². The van der Waals surface area contributed by atoms with Crippen molar-refractivity contribution < 1.29 is 4.39 Å². The lowest BCUT2D eigenvalue weighted by Crippen LogP contribution is -1.97. The van der Waals surface area contributed by atoms with Crippen molar-refractivity contribution in [3.05, 3.63) is 28.5 Å². The quantitative estimate of drug-likeness (QED) is 0.897. The summed E-state index contributed by atoms with van der Waals surface area (Å²) in [6.45, 7) is -0.435. The Morgan fingerprint density at radius 3 is 3.00 bits per heavy atom. The molecule has 3 nitrogen and oxygen atoms in total. The number of halogens is 2. The van der Waals surface area contributed by atoms with Crippen molar-refractivity contribution in [1.82, 2.24) is 9.38 Å². The summed E-state index contributed by atoms with van der Waals surface area (Å²) in [5.74, 6) is 0.513. The Kier molecular flexibility index (Phi) is 2.41. The van der Waals surface area contributed by atoms with Gasteiger partial charge in [-0.25, -0.2) is 4.98 Å². The Balaban J connectivity index is 2.62. The van der Waals surface area contributed by atoms with Crippen molar-refractivity contribution >= 4 is 27.4 Å². The van der Waals surface area contributed by atoms with E-state index in [1.807, 2.05) is 18.3 Å². The van der Waals surface area contributed by atoms with Crippen molar-refractivity contribution in [2.24, 2.45) is 0 Å². The molecule has 14 heavy (non-hydrogen) atoms. The number of nitrogens with zero attached hydrogens (tertiary/aromatic N) is 2. The maximum atomic E-state index is 12.2. The van der Waals surface area contributed by atoms with Crippen LogP contribution in [-0.4, -0.2) is 16.1 Å². The van der Waals surface area contributed by atoms with Crippen LogP contribution in [-0.2, 0) is 6.42 Å². The number of aryl methyl sites for hydroxylation is 1. The summed E-state index contributed by atoms with van der Waals surface area (Å²) in [7, 11) is 0. The maximum Gasteiger partial charge on any atom is 0.138 e. The first kappa shape index (κ1) is 9.45. The van der Waals surface area contributed by atoms with Crippen molar-refractivity contribution in [3.63, 3.8) is 0 Å². The van der Waals surface area contributed by atoms with Crippen LogP contribution in [0.2, 0.25) is 0 Å². The summed E-state index contributed by atoms with van der Waals surface area (Å²) < 4.78 is 14.8. The molecule has 74 valence electrons. The van der Waals surface area contributed by atoms with Gasteiger partial charge in [-0.05, 0) is 28.1 Å². The molecule has 5 heteroatoms. The molecule has 0 spiro atoms. The minimum Gasteiger partial charge on any atom is -0.383 e. The molecule has 0 radical (unpaired) electrons. The molecule has 2 rings (SSSR count). The highest BCUT2D eigenvalue weighted by Crippen LogP contribution is 2.18. The number of pyridine rings is 1. The molecule has 0 saturated heterocycles. The van der Waals surface area contributed by atoms with Crippen LogP contribution in [0.3, 0.4) is 0 Å². The lowest BCUT2D eigenvalue weighted by atomic mass is 10.3. The van der Waals surface area contributed by atoms with E-state index >= 15 is 0 Å². The summed E-state index contributed by atoms with van der Waals surface area (Å²) >= 11 is 3.34. The number of rotatable bonds is 2. The monoisotopic (exact) mass is 257 g/mol. The van der Waals surface area contributed by atoms with Crippen molar-refractivity contribution in [3.8, 4) is 0 Å². The second-order valence-corrected chi connectivity index (χ2v) is 3.87. The summed E-state index contributed by atoms with van der Waals surface area (Å²) in [6.07, 6.45) is 2.09. The molecule has 0 aromatic carbocycles. The first-order chi connectivity index (χ1) is 6.72. The van der Waals surface area contributed by atoms with Gasteiger partial charge in [-0.2, -0.15) is 0 Å². The predicted molar refractivity (Wildman–Crippen MR) is 57.0 cm³/mol. The standard InChI is InChI=1S/C9H9BrFN3/c10-6-1-2-8-13-7(3-4-11)9(12)14(8)5-6/h1-2,5H,3-4,12H2. The lowest BCUT2D eigenvalue weighted by Gasteiger charge is -1.97. The summed E-state index contributed by atoms with van der Waals surface area (Å²) in [6, 6.07) is 3.71. The Hall–Kier alpha value is -1.10. The fourth-order valence-corrected chi connectivity index (χ4v) is 1.70. The van der Waals surface area contributed by atoms with E-state index in [-0.39, 0.29) is 6.42 Å². The third-order valence-electron chi connectivity index (χ3n) is 2.03. The van der Waals surface area contributed by atoms with Gasteiger partial charge >= 0.3 is 0 Å². The SMILES string of the molecule is Nc1c(CCF)nc2ccc(Br)cn12. The van der Waals surface area contributed by atoms with Gasteiger partial charge in [-0.15, -0.1) is 0 Å². The van der Waals surface area contributed by atoms with Gasteiger partial charge in [-0.3, -0.25) is 8.79 Å². The maximum absolute atomic E-state index is 12.2. The third-order valence-corrected chi connectivity index (χ3v) is 2.50. The van der Waals surface area contributed by atoms with Crippen LogP contribution in [0.4, 0.5) is 10.2 Å². The van der Waals surface area contributed by atoms with Gasteiger partial charge in [0.05, 0.1) is 12.4 Å². The van der Waals surface area contributed by atoms with Crippen LogP contribution < -0.4 is 5.73 Å². The molecule has 2 N–H and O–H groups in total. The van der Waals surface area contributed by atoms with E-state index < -0.39 is 6.67 Å². The number of nitrogen functional groups attached to an aromatic ring is 1. The van der Waals surface area contributed by atoms with Gasteiger partial charge in [0.1, 0.15) is 11.5 Å². The van der Waals surface area contributed by atoms with Crippen LogP contribution in [0, 0.1) is 0 Å². The smallest absolute Gasteiger partial charge is 0.138 e. The second kappa shape index (κ2) is 3.57. The van der Waals surface area contributed by atoms with Gasteiger partial charge in [-0.1, -0.05) is 0 Å². The highest BCUT2D eigenvalue weighted by Gasteiger charge is 2.08. The molecule has 0 aliphatic rings. The second-order valence-electron chi connectivity index (χ2n) is 2.96. The molecule has 0 bridgehead atoms. The first-order valence-electron chi connectivity index (χ1n) is 4.20. The average Bonchev–Trinajstić information content (AvgIpc) is 2.46. The zero-order chi connectivity index (χ0) is 10.1. The van der Waals surface area contributed by atoms with E-state index in [2.05, 4.69) is 20.9 Å². The highest BCUT2D eigenvalue weighted by molar-refractivity contribution is 9.10. The normalized spacial score (nSPS) is 11.0. The average molecular weight is 258 g/mol. The topological polar surface area (TPSA) is 43.3 Å². The minimum atomic E-state index is -0.435. The molecule has 2 aromatic heterocycles. The number of aromatic nitrogens is 2. The number of hydrogen-bond acceptors (Lipinski definition) is 2. The van der Waals surface area contributed by atoms with Crippen LogP contribution in [0.25, 0.3) is 5.65 Å². The van der Waals surface area contributed by atoms with Crippen LogP contribution in [0.1, 0.15) is 5.69 Å². The molecule has 0 aliphatic heterocycles. The van der Waals surface area contributed by atoms with Gasteiger partial charge < -0.3 is 5.73 Å². The summed E-state index contributed by atoms with van der Waals surface area (Å²) in [5.41, 5.74) is 7.17. The summed E-state index contributed by atoms with van der Waals surface area (Å²) in [5, 5.41) is 0. The predicted octanol–water partition coefficient (Wildman–Crippen LogP) is 2.19. The van der Waals surface area contributed by atoms with Gasteiger partial charge in [0, 0.05) is 17.1 Å². The highest BCUT2D eigenvalue weighted by atomic mass is 79.9. The van der Waals surface area contributed by atoms with Gasteiger partial charge in [0.2, 0.25) is 0 Å². The fraction of sp³-hybridized carbons (Fsp3) is 0.222. The number of hydrogen-bond donors (Lipinski definition) is 1. The largest absolute Gasteiger partial charge is 0.383 e. The molecule has 2 heterocycles. The Bertz CT molecular complexity index is 466. The van der Waals surface area contributed by atoms with E-state index in [0.29, 0.717) is 11.5 Å². The molecular weight excluding hydrogens is 249 g/mol. The van der Waals surface area contributed by atoms with Gasteiger partial charge in [0.25, 0.3) is 0 Å². The lowest BCUT2D eigenvalue weighted by molar-refractivity contribution is 0.493. The zero-order valence-corrected chi connectivity index (χ0v) is 8.96. The molecule has 0 aliphatic carbocycles. The number of anilines is 1. The molecule has 2 aromatic rings. The number of alkyl halides is 1. The van der Waals surface area contributed by atoms with Crippen LogP contribution >= 0.6 is 15.9 Å². The van der Waals surface area contributed by atoms with Gasteiger partial charge in [0.15, 0.2) is 0 Å². The van der Waals surface area contributed by atoms with E-state index in [0.717, 1.165) is 10.1 Å². The Morgan fingerprint density at radius 1 is 1.50 bits per heavy atom. The van der Waals surface area contributed by atoms with Crippen LogP contribution in [0.5, 0.6) is 0 Å². The van der Waals surface area contributed by atoms with Crippen LogP contribution in [0.15, 0.2) is 22.8 Å². The molecule has 0 atom stereocenters. The van der Waals surface area contributed by atoms with Crippen molar-refractivity contribution in [1.29, 1.82) is 0 Å². The van der Waals surface area contributed by atoms with E-state index in [1.54, 1.807) is 4.40 Å². The molecular formula is C9H9BrFN3. The number of nitrogens with two attached hydrogens (primary N) is 1. The summed E-state index contributed by atoms with van der Waals surface area (Å²) in [4.78, 5) is 4.22. The molecule has 0 amide bonds. The zero-order valence-electron chi connectivity index (χ0n) is 7.37. The van der Waals surface area contributed by atoms with E-state index in [9.17, 15) is 4.39 Å². The molecule has 0 unspecified atom stereocenters. The van der Waals surface area contributed by atoms with Crippen molar-refractivity contribution in [2.75, 3.05) is 12.4 Å². The Morgan fingerprint density at radius 2 is 2.29 bits per heavy atom. The van der Waals surface area contributed by atoms with Crippen molar-refractivity contribution in [2.45, 2.75) is 6.42 Å². The molecule has 0 fully saturated rings.